The number of halogens is 1. The third kappa shape index (κ3) is 4.11. The molecule has 3 aromatic rings. The lowest BCUT2D eigenvalue weighted by Gasteiger charge is -2.28. The molecule has 2 aliphatic heterocycles. The maximum atomic E-state index is 14.8. The molecule has 1 unspecified atom stereocenters. The van der Waals surface area contributed by atoms with Crippen LogP contribution >= 0.6 is 0 Å². The Bertz CT molecular complexity index is 1140. The predicted molar refractivity (Wildman–Crippen MR) is 120 cm³/mol. The van der Waals surface area contributed by atoms with Gasteiger partial charge in [-0.3, -0.25) is 4.21 Å². The molecule has 0 radical (unpaired) electrons. The minimum Gasteiger partial charge on any atom is -0.493 e. The number of ether oxygens (including phenoxy) is 1. The standard InChI is InChI=1S/C20H25FN8O2S/c1-31-16-9-17-23-12-15(29(17)27-19(16)28-5-7-32(30)8-6-28)18-14(21)11-24-20(26-18)25-13-3-2-4-22-10-13/h9,11-13,22H,2-8,10H2,1H3,(H,24,25,26). The van der Waals surface area contributed by atoms with Crippen molar-refractivity contribution in [3.05, 3.63) is 24.3 Å². The van der Waals surface area contributed by atoms with Crippen LogP contribution in [0, 0.1) is 5.82 Å². The van der Waals surface area contributed by atoms with Crippen LogP contribution in [0.4, 0.5) is 16.2 Å². The van der Waals surface area contributed by atoms with E-state index in [1.165, 1.54) is 6.20 Å². The van der Waals surface area contributed by atoms with Crippen molar-refractivity contribution < 1.29 is 13.3 Å². The Kier molecular flexibility index (Phi) is 5.87. The molecule has 2 aliphatic rings. The number of nitrogens with zero attached hydrogens (tertiary/aromatic N) is 6. The minimum absolute atomic E-state index is 0.127. The second kappa shape index (κ2) is 8.94. The highest BCUT2D eigenvalue weighted by Gasteiger charge is 2.23. The molecule has 170 valence electrons. The van der Waals surface area contributed by atoms with Gasteiger partial charge in [-0.2, -0.15) is 0 Å². The number of rotatable bonds is 5. The van der Waals surface area contributed by atoms with Crippen LogP contribution in [0.3, 0.4) is 0 Å². The molecular weight excluding hydrogens is 435 g/mol. The first kappa shape index (κ1) is 21.0. The molecule has 0 amide bonds. The SMILES string of the molecule is COc1cc2ncc(-c3nc(NC4CCCNC4)ncc3F)n2nc1N1CCS(=O)CC1. The third-order valence-electron chi connectivity index (χ3n) is 5.75. The monoisotopic (exact) mass is 460 g/mol. The van der Waals surface area contributed by atoms with Gasteiger partial charge in [0, 0.05) is 54.0 Å². The molecule has 5 heterocycles. The molecule has 0 spiro atoms. The number of hydrogen-bond acceptors (Lipinski definition) is 9. The quantitative estimate of drug-likeness (QED) is 0.578. The molecule has 12 heteroatoms. The van der Waals surface area contributed by atoms with Crippen LogP contribution < -0.4 is 20.3 Å². The van der Waals surface area contributed by atoms with Gasteiger partial charge in [-0.05, 0) is 19.4 Å². The lowest BCUT2D eigenvalue weighted by Crippen LogP contribution is -2.38. The van der Waals surface area contributed by atoms with Gasteiger partial charge in [-0.25, -0.2) is 23.9 Å². The third-order valence-corrected chi connectivity index (χ3v) is 7.03. The molecule has 2 fully saturated rings. The van der Waals surface area contributed by atoms with E-state index in [4.69, 9.17) is 9.84 Å². The molecule has 2 saturated heterocycles. The van der Waals surface area contributed by atoms with E-state index in [9.17, 15) is 8.60 Å². The lowest BCUT2D eigenvalue weighted by atomic mass is 10.1. The van der Waals surface area contributed by atoms with E-state index in [1.807, 2.05) is 4.90 Å². The summed E-state index contributed by atoms with van der Waals surface area (Å²) >= 11 is 0. The zero-order valence-corrected chi connectivity index (χ0v) is 18.6. The van der Waals surface area contributed by atoms with Gasteiger partial charge in [0.25, 0.3) is 0 Å². The number of piperidine rings is 1. The number of fused-ring (bicyclic) bond motifs is 1. The van der Waals surface area contributed by atoms with Gasteiger partial charge in [0.2, 0.25) is 5.95 Å². The maximum Gasteiger partial charge on any atom is 0.223 e. The van der Waals surface area contributed by atoms with Crippen LogP contribution in [0.15, 0.2) is 18.5 Å². The predicted octanol–water partition coefficient (Wildman–Crippen LogP) is 1.07. The average molecular weight is 461 g/mol. The first-order valence-corrected chi connectivity index (χ1v) is 12.1. The number of imidazole rings is 1. The van der Waals surface area contributed by atoms with Crippen LogP contribution in [0.25, 0.3) is 17.0 Å². The average Bonchev–Trinajstić information content (AvgIpc) is 3.23. The summed E-state index contributed by atoms with van der Waals surface area (Å²) in [5.41, 5.74) is 1.07. The molecule has 0 aromatic carbocycles. The molecule has 1 atom stereocenters. The zero-order valence-electron chi connectivity index (χ0n) is 17.8. The summed E-state index contributed by atoms with van der Waals surface area (Å²) in [6, 6.07) is 1.96. The molecule has 0 aliphatic carbocycles. The van der Waals surface area contributed by atoms with Gasteiger partial charge in [-0.15, -0.1) is 5.10 Å². The van der Waals surface area contributed by atoms with E-state index in [1.54, 1.807) is 23.9 Å². The van der Waals surface area contributed by atoms with Crippen LogP contribution in [0.1, 0.15) is 12.8 Å². The van der Waals surface area contributed by atoms with Crippen molar-refractivity contribution in [3.63, 3.8) is 0 Å². The van der Waals surface area contributed by atoms with E-state index in [2.05, 4.69) is 25.6 Å². The lowest BCUT2D eigenvalue weighted by molar-refractivity contribution is 0.411. The number of hydrogen-bond donors (Lipinski definition) is 2. The first-order valence-electron chi connectivity index (χ1n) is 10.7. The number of nitrogens with one attached hydrogen (secondary N) is 2. The van der Waals surface area contributed by atoms with Gasteiger partial charge in [0.05, 0.1) is 19.5 Å². The Balaban J connectivity index is 1.52. The van der Waals surface area contributed by atoms with Gasteiger partial charge in [0.15, 0.2) is 23.0 Å². The Morgan fingerprint density at radius 1 is 1.28 bits per heavy atom. The Hall–Kier alpha value is -2.86. The molecule has 5 rings (SSSR count). The second-order valence-corrected chi connectivity index (χ2v) is 9.56. The van der Waals surface area contributed by atoms with Crippen LogP contribution in [0.5, 0.6) is 5.75 Å². The van der Waals surface area contributed by atoms with Crippen molar-refractivity contribution in [1.82, 2.24) is 29.9 Å². The van der Waals surface area contributed by atoms with E-state index in [0.29, 0.717) is 53.5 Å². The fraction of sp³-hybridized carbons (Fsp3) is 0.500. The smallest absolute Gasteiger partial charge is 0.223 e. The Labute approximate surface area is 187 Å². The Morgan fingerprint density at radius 3 is 2.88 bits per heavy atom. The summed E-state index contributed by atoms with van der Waals surface area (Å²) in [6.07, 6.45) is 4.79. The van der Waals surface area contributed by atoms with Crippen molar-refractivity contribution in [3.8, 4) is 17.1 Å². The van der Waals surface area contributed by atoms with Gasteiger partial charge < -0.3 is 20.3 Å². The van der Waals surface area contributed by atoms with Crippen molar-refractivity contribution in [2.45, 2.75) is 18.9 Å². The number of methoxy groups -OCH3 is 1. The van der Waals surface area contributed by atoms with E-state index >= 15 is 0 Å². The number of anilines is 2. The fourth-order valence-corrected chi connectivity index (χ4v) is 5.10. The number of aromatic nitrogens is 5. The highest BCUT2D eigenvalue weighted by molar-refractivity contribution is 7.85. The molecule has 3 aromatic heterocycles. The zero-order chi connectivity index (χ0) is 22.1. The van der Waals surface area contributed by atoms with Crippen LogP contribution in [-0.4, -0.2) is 79.6 Å². The minimum atomic E-state index is -0.813. The molecule has 10 nitrogen and oxygen atoms in total. The van der Waals surface area contributed by atoms with Crippen molar-refractivity contribution in [2.75, 3.05) is 55.0 Å². The summed E-state index contributed by atoms with van der Waals surface area (Å²) in [6.45, 7) is 3.03. The molecular formula is C20H25FN8O2S. The summed E-state index contributed by atoms with van der Waals surface area (Å²) < 4.78 is 33.6. The normalized spacial score (nSPS) is 19.9. The topological polar surface area (TPSA) is 110 Å². The Morgan fingerprint density at radius 2 is 2.12 bits per heavy atom. The molecule has 2 N–H and O–H groups in total. The van der Waals surface area contributed by atoms with Crippen LogP contribution in [-0.2, 0) is 10.8 Å². The summed E-state index contributed by atoms with van der Waals surface area (Å²) in [5, 5.41) is 11.3. The van der Waals surface area contributed by atoms with Crippen molar-refractivity contribution in [2.24, 2.45) is 0 Å². The van der Waals surface area contributed by atoms with Crippen molar-refractivity contribution in [1.29, 1.82) is 0 Å². The molecule has 0 bridgehead atoms. The highest BCUT2D eigenvalue weighted by Crippen LogP contribution is 2.30. The van der Waals surface area contributed by atoms with E-state index in [-0.39, 0.29) is 11.7 Å². The van der Waals surface area contributed by atoms with Gasteiger partial charge in [-0.1, -0.05) is 0 Å². The first-order chi connectivity index (χ1) is 15.6. The van der Waals surface area contributed by atoms with E-state index < -0.39 is 16.6 Å². The maximum absolute atomic E-state index is 14.8. The van der Waals surface area contributed by atoms with E-state index in [0.717, 1.165) is 25.9 Å². The van der Waals surface area contributed by atoms with Crippen molar-refractivity contribution >= 4 is 28.2 Å². The second-order valence-electron chi connectivity index (χ2n) is 7.86. The largest absolute Gasteiger partial charge is 0.493 e. The van der Waals surface area contributed by atoms with Gasteiger partial charge in [0.1, 0.15) is 11.4 Å². The summed E-state index contributed by atoms with van der Waals surface area (Å²) in [4.78, 5) is 15.0. The fourth-order valence-electron chi connectivity index (χ4n) is 4.04. The van der Waals surface area contributed by atoms with Gasteiger partial charge >= 0.3 is 0 Å². The molecule has 0 saturated carbocycles. The summed E-state index contributed by atoms with van der Waals surface area (Å²) in [5.74, 6) is 2.15. The summed E-state index contributed by atoms with van der Waals surface area (Å²) in [7, 11) is 0.761. The molecule has 32 heavy (non-hydrogen) atoms. The highest BCUT2D eigenvalue weighted by atomic mass is 32.2. The van der Waals surface area contributed by atoms with Crippen LogP contribution in [0.2, 0.25) is 0 Å².